The van der Waals surface area contributed by atoms with Crippen LogP contribution in [0.1, 0.15) is 29.8 Å². The lowest BCUT2D eigenvalue weighted by atomic mass is 10.2. The maximum Gasteiger partial charge on any atom is 0.271 e. The van der Waals surface area contributed by atoms with E-state index in [9.17, 15) is 9.90 Å². The van der Waals surface area contributed by atoms with Crippen molar-refractivity contribution < 1.29 is 14.6 Å². The van der Waals surface area contributed by atoms with Gasteiger partial charge in [0.2, 0.25) is 0 Å². The lowest BCUT2D eigenvalue weighted by Gasteiger charge is -2.13. The van der Waals surface area contributed by atoms with Crippen LogP contribution in [-0.2, 0) is 0 Å². The quantitative estimate of drug-likeness (QED) is 0.613. The number of phenolic OH excluding ortho intramolecular Hbond substituents is 1. The highest BCUT2D eigenvalue weighted by Gasteiger charge is 2.11. The van der Waals surface area contributed by atoms with Crippen LogP contribution in [0.5, 0.6) is 11.5 Å². The van der Waals surface area contributed by atoms with Crippen molar-refractivity contribution in [3.63, 3.8) is 0 Å². The van der Waals surface area contributed by atoms with Gasteiger partial charge in [0.1, 0.15) is 5.75 Å². The summed E-state index contributed by atoms with van der Waals surface area (Å²) in [4.78, 5) is 11.9. The zero-order chi connectivity index (χ0) is 17.7. The van der Waals surface area contributed by atoms with Crippen molar-refractivity contribution in [2.75, 3.05) is 0 Å². The topological polar surface area (TPSA) is 70.9 Å². The van der Waals surface area contributed by atoms with Gasteiger partial charge in [-0.25, -0.2) is 5.43 Å². The number of aromatic hydroxyl groups is 1. The number of hydrogen-bond acceptors (Lipinski definition) is 4. The van der Waals surface area contributed by atoms with E-state index in [-0.39, 0.29) is 11.9 Å². The van der Waals surface area contributed by atoms with E-state index in [4.69, 9.17) is 27.9 Å². The molecule has 0 atom stereocenters. The molecule has 2 rings (SSSR count). The van der Waals surface area contributed by atoms with Gasteiger partial charge in [0, 0.05) is 5.56 Å². The number of amides is 1. The van der Waals surface area contributed by atoms with Gasteiger partial charge < -0.3 is 9.84 Å². The Bertz CT molecular complexity index is 736. The third-order valence-electron chi connectivity index (χ3n) is 2.88. The van der Waals surface area contributed by atoms with Gasteiger partial charge in [0.15, 0.2) is 5.75 Å². The van der Waals surface area contributed by atoms with Crippen molar-refractivity contribution >= 4 is 35.3 Å². The fraction of sp³-hybridized carbons (Fsp3) is 0.176. The molecule has 0 aliphatic carbocycles. The molecule has 0 aliphatic heterocycles. The second kappa shape index (κ2) is 8.04. The molecule has 2 N–H and O–H groups in total. The van der Waals surface area contributed by atoms with E-state index in [1.54, 1.807) is 12.1 Å². The molecule has 0 unspecified atom stereocenters. The summed E-state index contributed by atoms with van der Waals surface area (Å²) in [5, 5.41) is 13.8. The molecule has 126 valence electrons. The van der Waals surface area contributed by atoms with Crippen molar-refractivity contribution in [2.24, 2.45) is 5.10 Å². The number of carbonyl (C=O) groups is 1. The largest absolute Gasteiger partial charge is 0.508 e. The Hall–Kier alpha value is -2.24. The highest BCUT2D eigenvalue weighted by molar-refractivity contribution is 6.37. The monoisotopic (exact) mass is 366 g/mol. The molecule has 2 aromatic rings. The summed E-state index contributed by atoms with van der Waals surface area (Å²) >= 11 is 12.3. The number of carbonyl (C=O) groups excluding carboxylic acids is 1. The Balaban J connectivity index is 2.06. The Kier molecular flexibility index (Phi) is 6.06. The minimum Gasteiger partial charge on any atom is -0.508 e. The molecule has 0 heterocycles. The Labute approximate surface area is 149 Å². The van der Waals surface area contributed by atoms with Gasteiger partial charge in [-0.1, -0.05) is 23.2 Å². The van der Waals surface area contributed by atoms with Crippen molar-refractivity contribution in [2.45, 2.75) is 20.0 Å². The Morgan fingerprint density at radius 2 is 1.79 bits per heavy atom. The molecular formula is C17H16Cl2N2O3. The molecule has 0 spiro atoms. The fourth-order valence-electron chi connectivity index (χ4n) is 1.85. The summed E-state index contributed by atoms with van der Waals surface area (Å²) in [7, 11) is 0. The number of rotatable bonds is 5. The number of nitrogens with one attached hydrogen (secondary N) is 1. The van der Waals surface area contributed by atoms with Gasteiger partial charge in [-0.2, -0.15) is 5.10 Å². The lowest BCUT2D eigenvalue weighted by molar-refractivity contribution is 0.0955. The third-order valence-corrected chi connectivity index (χ3v) is 3.44. The maximum absolute atomic E-state index is 11.9. The van der Waals surface area contributed by atoms with Crippen molar-refractivity contribution in [1.82, 2.24) is 5.43 Å². The number of ether oxygens (including phenoxy) is 1. The predicted octanol–water partition coefficient (Wildman–Crippen LogP) is 4.25. The first-order valence-corrected chi connectivity index (χ1v) is 7.90. The molecule has 0 saturated heterocycles. The van der Waals surface area contributed by atoms with Crippen molar-refractivity contribution in [1.29, 1.82) is 0 Å². The molecule has 2 aromatic carbocycles. The summed E-state index contributed by atoms with van der Waals surface area (Å²) in [6.07, 6.45) is 1.37. The molecule has 24 heavy (non-hydrogen) atoms. The predicted molar refractivity (Wildman–Crippen MR) is 95.4 cm³/mol. The molecule has 0 aromatic heterocycles. The van der Waals surface area contributed by atoms with Crippen molar-refractivity contribution in [3.8, 4) is 11.5 Å². The van der Waals surface area contributed by atoms with Gasteiger partial charge in [0.25, 0.3) is 5.91 Å². The van der Waals surface area contributed by atoms with E-state index in [0.29, 0.717) is 26.9 Å². The molecule has 5 nitrogen and oxygen atoms in total. The summed E-state index contributed by atoms with van der Waals surface area (Å²) < 4.78 is 5.54. The first-order valence-electron chi connectivity index (χ1n) is 7.15. The average molecular weight is 367 g/mol. The zero-order valence-corrected chi connectivity index (χ0v) is 14.6. The number of nitrogens with zero attached hydrogens (tertiary/aromatic N) is 1. The minimum atomic E-state index is -0.400. The molecule has 0 aliphatic rings. The summed E-state index contributed by atoms with van der Waals surface area (Å²) in [6.45, 7) is 3.75. The van der Waals surface area contributed by atoms with Gasteiger partial charge in [0.05, 0.1) is 22.4 Å². The minimum absolute atomic E-state index is 0.0517. The number of halogens is 2. The van der Waals surface area contributed by atoms with E-state index in [1.807, 2.05) is 13.8 Å². The van der Waals surface area contributed by atoms with Crippen LogP contribution in [0.4, 0.5) is 0 Å². The number of phenols is 1. The standard InChI is InChI=1S/C17H16Cl2N2O3/c1-10(2)24-16-14(18)7-11(8-15(16)19)9-20-21-17(23)12-3-5-13(22)6-4-12/h3-10,22H,1-2H3,(H,21,23)/b20-9-. The molecule has 0 fully saturated rings. The Morgan fingerprint density at radius 3 is 2.33 bits per heavy atom. The van der Waals surface area contributed by atoms with Crippen LogP contribution in [0.2, 0.25) is 10.0 Å². The first-order chi connectivity index (χ1) is 11.4. The first kappa shape index (κ1) is 18.1. The Morgan fingerprint density at radius 1 is 1.21 bits per heavy atom. The van der Waals surface area contributed by atoms with Crippen LogP contribution in [0, 0.1) is 0 Å². The van der Waals surface area contributed by atoms with E-state index < -0.39 is 5.91 Å². The second-order valence-electron chi connectivity index (χ2n) is 5.23. The maximum atomic E-state index is 11.9. The third kappa shape index (κ3) is 4.88. The van der Waals surface area contributed by atoms with E-state index in [0.717, 1.165) is 0 Å². The number of hydrazone groups is 1. The van der Waals surface area contributed by atoms with Gasteiger partial charge >= 0.3 is 0 Å². The summed E-state index contributed by atoms with van der Waals surface area (Å²) in [5.41, 5.74) is 3.38. The van der Waals surface area contributed by atoms with Gasteiger partial charge in [-0.3, -0.25) is 4.79 Å². The van der Waals surface area contributed by atoms with Crippen LogP contribution in [-0.4, -0.2) is 23.3 Å². The second-order valence-corrected chi connectivity index (χ2v) is 6.04. The highest BCUT2D eigenvalue weighted by atomic mass is 35.5. The smallest absolute Gasteiger partial charge is 0.271 e. The number of hydrogen-bond donors (Lipinski definition) is 2. The molecule has 1 amide bonds. The van der Waals surface area contributed by atoms with E-state index in [1.165, 1.54) is 30.5 Å². The summed E-state index contributed by atoms with van der Waals surface area (Å²) in [6, 6.07) is 9.11. The highest BCUT2D eigenvalue weighted by Crippen LogP contribution is 2.34. The molecule has 7 heteroatoms. The fourth-order valence-corrected chi connectivity index (χ4v) is 2.44. The van der Waals surface area contributed by atoms with Crippen LogP contribution in [0.15, 0.2) is 41.5 Å². The average Bonchev–Trinajstić information content (AvgIpc) is 2.51. The lowest BCUT2D eigenvalue weighted by Crippen LogP contribution is -2.17. The van der Waals surface area contributed by atoms with Gasteiger partial charge in [-0.05, 0) is 55.8 Å². The molecule has 0 saturated carbocycles. The molecular weight excluding hydrogens is 351 g/mol. The van der Waals surface area contributed by atoms with Gasteiger partial charge in [-0.15, -0.1) is 0 Å². The SMILES string of the molecule is CC(C)Oc1c(Cl)cc(/C=N\NC(=O)c2ccc(O)cc2)cc1Cl. The van der Waals surface area contributed by atoms with Crippen LogP contribution in [0.25, 0.3) is 0 Å². The van der Waals surface area contributed by atoms with Crippen LogP contribution >= 0.6 is 23.2 Å². The zero-order valence-electron chi connectivity index (χ0n) is 13.1. The molecule has 0 radical (unpaired) electrons. The normalized spacial score (nSPS) is 11.0. The van der Waals surface area contributed by atoms with E-state index in [2.05, 4.69) is 10.5 Å². The van der Waals surface area contributed by atoms with Crippen LogP contribution in [0.3, 0.4) is 0 Å². The van der Waals surface area contributed by atoms with Crippen LogP contribution < -0.4 is 10.2 Å². The van der Waals surface area contributed by atoms with E-state index >= 15 is 0 Å². The molecule has 0 bridgehead atoms. The number of benzene rings is 2. The van der Waals surface area contributed by atoms with Crippen molar-refractivity contribution in [3.05, 3.63) is 57.6 Å². The summed E-state index contributed by atoms with van der Waals surface area (Å²) in [5.74, 6) is 0.102.